The Morgan fingerprint density at radius 2 is 2.00 bits per heavy atom. The third kappa shape index (κ3) is 2.76. The molecule has 18 heavy (non-hydrogen) atoms. The van der Waals surface area contributed by atoms with Gasteiger partial charge in [0.15, 0.2) is 0 Å². The van der Waals surface area contributed by atoms with Gasteiger partial charge in [-0.15, -0.1) is 0 Å². The van der Waals surface area contributed by atoms with Crippen LogP contribution in [-0.4, -0.2) is 0 Å². The van der Waals surface area contributed by atoms with Gasteiger partial charge < -0.3 is 10.5 Å². The average molecular weight is 324 g/mol. The summed E-state index contributed by atoms with van der Waals surface area (Å²) in [7, 11) is 0. The number of nitriles is 1. The van der Waals surface area contributed by atoms with Crippen molar-refractivity contribution in [1.29, 1.82) is 5.26 Å². The van der Waals surface area contributed by atoms with Gasteiger partial charge in [-0.25, -0.2) is 0 Å². The lowest BCUT2D eigenvalue weighted by molar-refractivity contribution is 0.480. The number of rotatable bonds is 2. The number of nitrogen functional groups attached to an aromatic ring is 1. The van der Waals surface area contributed by atoms with E-state index < -0.39 is 0 Å². The lowest BCUT2D eigenvalue weighted by Gasteiger charge is -2.09. The molecule has 90 valence electrons. The second-order valence-electron chi connectivity index (χ2n) is 3.54. The molecule has 0 radical (unpaired) electrons. The van der Waals surface area contributed by atoms with Crippen LogP contribution in [0.3, 0.4) is 0 Å². The molecule has 0 unspecified atom stereocenters. The minimum atomic E-state index is 0.389. The minimum Gasteiger partial charge on any atom is -0.456 e. The zero-order valence-corrected chi connectivity index (χ0v) is 11.5. The number of nitrogens with zero attached hydrogens (tertiary/aromatic N) is 1. The zero-order valence-electron chi connectivity index (χ0n) is 9.15. The van der Waals surface area contributed by atoms with E-state index in [1.165, 1.54) is 0 Å². The van der Waals surface area contributed by atoms with Gasteiger partial charge in [-0.05, 0) is 46.3 Å². The Balaban J connectivity index is 2.29. The Morgan fingerprint density at radius 1 is 1.22 bits per heavy atom. The molecule has 0 atom stereocenters. The highest BCUT2D eigenvalue weighted by molar-refractivity contribution is 9.10. The lowest BCUT2D eigenvalue weighted by atomic mass is 10.2. The Kier molecular flexibility index (Phi) is 3.75. The Labute approximate surface area is 118 Å². The molecule has 2 aromatic rings. The molecular weight excluding hydrogens is 316 g/mol. The molecule has 0 bridgehead atoms. The van der Waals surface area contributed by atoms with Gasteiger partial charge in [0.25, 0.3) is 0 Å². The fourth-order valence-corrected chi connectivity index (χ4v) is 2.15. The maximum atomic E-state index is 8.78. The molecule has 0 aromatic heterocycles. The lowest BCUT2D eigenvalue weighted by Crippen LogP contribution is -1.92. The quantitative estimate of drug-likeness (QED) is 0.836. The van der Waals surface area contributed by atoms with Crippen molar-refractivity contribution in [3.05, 3.63) is 51.5 Å². The molecule has 2 aromatic carbocycles. The van der Waals surface area contributed by atoms with Crippen LogP contribution >= 0.6 is 27.5 Å². The van der Waals surface area contributed by atoms with E-state index in [1.54, 1.807) is 36.4 Å². The van der Waals surface area contributed by atoms with E-state index in [0.29, 0.717) is 27.8 Å². The van der Waals surface area contributed by atoms with E-state index in [9.17, 15) is 0 Å². The van der Waals surface area contributed by atoms with Crippen molar-refractivity contribution >= 4 is 33.2 Å². The minimum absolute atomic E-state index is 0.389. The summed E-state index contributed by atoms with van der Waals surface area (Å²) in [4.78, 5) is 0. The molecule has 0 aliphatic heterocycles. The summed E-state index contributed by atoms with van der Waals surface area (Å²) in [5, 5.41) is 9.40. The molecule has 0 heterocycles. The van der Waals surface area contributed by atoms with Gasteiger partial charge in [-0.1, -0.05) is 11.6 Å². The van der Waals surface area contributed by atoms with E-state index in [0.717, 1.165) is 4.47 Å². The Morgan fingerprint density at radius 3 is 2.61 bits per heavy atom. The number of benzene rings is 2. The summed E-state index contributed by atoms with van der Waals surface area (Å²) < 4.78 is 6.40. The van der Waals surface area contributed by atoms with Crippen LogP contribution < -0.4 is 10.5 Å². The second-order valence-corrected chi connectivity index (χ2v) is 4.83. The molecule has 0 saturated carbocycles. The summed E-state index contributed by atoms with van der Waals surface area (Å²) in [6.45, 7) is 0. The number of nitrogens with two attached hydrogens (primary N) is 1. The SMILES string of the molecule is N#Cc1ccc(Oc2ccc(Cl)cc2Br)cc1N. The van der Waals surface area contributed by atoms with Crippen molar-refractivity contribution in [3.63, 3.8) is 0 Å². The zero-order chi connectivity index (χ0) is 13.1. The molecule has 2 N–H and O–H groups in total. The standard InChI is InChI=1S/C13H8BrClN2O/c14-11-5-9(15)2-4-13(11)18-10-3-1-8(7-16)12(17)6-10/h1-6H,17H2. The average Bonchev–Trinajstić information content (AvgIpc) is 2.33. The molecule has 0 saturated heterocycles. The van der Waals surface area contributed by atoms with Crippen molar-refractivity contribution in [1.82, 2.24) is 0 Å². The highest BCUT2D eigenvalue weighted by Crippen LogP contribution is 2.32. The van der Waals surface area contributed by atoms with Gasteiger partial charge in [0.1, 0.15) is 17.6 Å². The van der Waals surface area contributed by atoms with Crippen molar-refractivity contribution in [2.45, 2.75) is 0 Å². The van der Waals surface area contributed by atoms with Gasteiger partial charge in [0.05, 0.1) is 15.7 Å². The fourth-order valence-electron chi connectivity index (χ4n) is 1.39. The van der Waals surface area contributed by atoms with Crippen LogP contribution in [-0.2, 0) is 0 Å². The highest BCUT2D eigenvalue weighted by Gasteiger charge is 2.05. The third-order valence-electron chi connectivity index (χ3n) is 2.27. The maximum Gasteiger partial charge on any atom is 0.141 e. The number of ether oxygens (including phenoxy) is 1. The van der Waals surface area contributed by atoms with Crippen molar-refractivity contribution in [2.75, 3.05) is 5.73 Å². The molecule has 0 aliphatic rings. The largest absolute Gasteiger partial charge is 0.456 e. The van der Waals surface area contributed by atoms with Crippen molar-refractivity contribution < 1.29 is 4.74 Å². The first kappa shape index (κ1) is 12.7. The molecule has 2 rings (SSSR count). The first-order chi connectivity index (χ1) is 8.60. The van der Waals surface area contributed by atoms with Crippen LogP contribution in [0.2, 0.25) is 5.02 Å². The van der Waals surface area contributed by atoms with Crippen LogP contribution in [0.25, 0.3) is 0 Å². The van der Waals surface area contributed by atoms with Crippen molar-refractivity contribution in [3.8, 4) is 17.6 Å². The third-order valence-corrected chi connectivity index (χ3v) is 3.12. The van der Waals surface area contributed by atoms with Gasteiger partial charge in [0.2, 0.25) is 0 Å². The summed E-state index contributed by atoms with van der Waals surface area (Å²) >= 11 is 9.20. The summed E-state index contributed by atoms with van der Waals surface area (Å²) in [5.74, 6) is 1.19. The number of hydrogen-bond acceptors (Lipinski definition) is 3. The van der Waals surface area contributed by atoms with Crippen LogP contribution in [0.5, 0.6) is 11.5 Å². The Bertz CT molecular complexity index is 637. The van der Waals surface area contributed by atoms with Crippen LogP contribution in [0.4, 0.5) is 5.69 Å². The monoisotopic (exact) mass is 322 g/mol. The molecule has 3 nitrogen and oxygen atoms in total. The predicted molar refractivity (Wildman–Crippen MR) is 74.8 cm³/mol. The molecule has 0 amide bonds. The predicted octanol–water partition coefficient (Wildman–Crippen LogP) is 4.35. The maximum absolute atomic E-state index is 8.78. The van der Waals surface area contributed by atoms with Gasteiger partial charge >= 0.3 is 0 Å². The molecule has 0 spiro atoms. The Hall–Kier alpha value is -1.70. The van der Waals surface area contributed by atoms with Gasteiger partial charge in [-0.2, -0.15) is 5.26 Å². The number of halogens is 2. The van der Waals surface area contributed by atoms with Gasteiger partial charge in [0, 0.05) is 11.1 Å². The van der Waals surface area contributed by atoms with E-state index in [2.05, 4.69) is 15.9 Å². The highest BCUT2D eigenvalue weighted by atomic mass is 79.9. The summed E-state index contributed by atoms with van der Waals surface area (Å²) in [5.41, 5.74) is 6.53. The normalized spacial score (nSPS) is 9.83. The summed E-state index contributed by atoms with van der Waals surface area (Å²) in [6, 6.07) is 12.1. The molecule has 5 heteroatoms. The second kappa shape index (κ2) is 5.30. The molecule has 0 fully saturated rings. The van der Waals surface area contributed by atoms with E-state index in [1.807, 2.05) is 6.07 Å². The fraction of sp³-hybridized carbons (Fsp3) is 0. The summed E-state index contributed by atoms with van der Waals surface area (Å²) in [6.07, 6.45) is 0. The topological polar surface area (TPSA) is 59.0 Å². The van der Waals surface area contributed by atoms with E-state index in [4.69, 9.17) is 27.3 Å². The van der Waals surface area contributed by atoms with Gasteiger partial charge in [-0.3, -0.25) is 0 Å². The smallest absolute Gasteiger partial charge is 0.141 e. The van der Waals surface area contributed by atoms with Crippen LogP contribution in [0, 0.1) is 11.3 Å². The molecular formula is C13H8BrClN2O. The first-order valence-electron chi connectivity index (χ1n) is 5.02. The van der Waals surface area contributed by atoms with Crippen LogP contribution in [0.15, 0.2) is 40.9 Å². The molecule has 0 aliphatic carbocycles. The number of anilines is 1. The van der Waals surface area contributed by atoms with Crippen molar-refractivity contribution in [2.24, 2.45) is 0 Å². The first-order valence-corrected chi connectivity index (χ1v) is 6.20. The van der Waals surface area contributed by atoms with Crippen LogP contribution in [0.1, 0.15) is 5.56 Å². The number of hydrogen-bond donors (Lipinski definition) is 1. The van der Waals surface area contributed by atoms with E-state index in [-0.39, 0.29) is 0 Å². The van der Waals surface area contributed by atoms with E-state index >= 15 is 0 Å².